The summed E-state index contributed by atoms with van der Waals surface area (Å²) in [5.41, 5.74) is 0.110. The van der Waals surface area contributed by atoms with Gasteiger partial charge in [0.05, 0.1) is 12.7 Å². The molecule has 1 heterocycles. The Kier molecular flexibility index (Phi) is 2.71. The van der Waals surface area contributed by atoms with Crippen molar-refractivity contribution < 1.29 is 9.90 Å². The minimum absolute atomic E-state index is 0.354. The molecule has 1 unspecified atom stereocenters. The molecule has 0 spiro atoms. The van der Waals surface area contributed by atoms with Gasteiger partial charge in [0.15, 0.2) is 0 Å². The Morgan fingerprint density at radius 2 is 2.44 bits per heavy atom. The Balaban J connectivity index is 2.09. The third-order valence-electron chi connectivity index (χ3n) is 2.81. The lowest BCUT2D eigenvalue weighted by atomic mass is 10.0. The molecule has 5 nitrogen and oxygen atoms in total. The molecular weight excluding hydrogens is 206 g/mol. The van der Waals surface area contributed by atoms with Crippen LogP contribution in [0.1, 0.15) is 25.3 Å². The normalized spacial score (nSPS) is 19.4. The molecule has 0 aliphatic heterocycles. The quantitative estimate of drug-likeness (QED) is 0.774. The standard InChI is InChI=1S/C11H17N3O2/c1-8-5-12-14(6-8)7-11(2,10(15)16)13-9-3-4-9/h5-6,9,13H,3-4,7H2,1-2H3,(H,15,16). The van der Waals surface area contributed by atoms with Crippen molar-refractivity contribution in [2.45, 2.75) is 44.8 Å². The minimum atomic E-state index is -0.931. The van der Waals surface area contributed by atoms with Crippen molar-refractivity contribution in [3.63, 3.8) is 0 Å². The fourth-order valence-electron chi connectivity index (χ4n) is 1.73. The first-order valence-corrected chi connectivity index (χ1v) is 5.50. The monoisotopic (exact) mass is 223 g/mol. The molecular formula is C11H17N3O2. The number of rotatable bonds is 5. The topological polar surface area (TPSA) is 67.2 Å². The van der Waals surface area contributed by atoms with E-state index in [-0.39, 0.29) is 0 Å². The van der Waals surface area contributed by atoms with Crippen LogP contribution in [-0.2, 0) is 11.3 Å². The average molecular weight is 223 g/mol. The number of carboxylic acid groups (broad SMARTS) is 1. The number of aryl methyl sites for hydroxylation is 1. The summed E-state index contributed by atoms with van der Waals surface area (Å²) in [5.74, 6) is -0.826. The Hall–Kier alpha value is -1.36. The summed E-state index contributed by atoms with van der Waals surface area (Å²) in [6.07, 6.45) is 5.73. The van der Waals surface area contributed by atoms with Crippen LogP contribution in [0.4, 0.5) is 0 Å². The SMILES string of the molecule is Cc1cnn(CC(C)(NC2CC2)C(=O)O)c1. The molecule has 1 aliphatic rings. The van der Waals surface area contributed by atoms with Gasteiger partial charge in [0.1, 0.15) is 5.54 Å². The van der Waals surface area contributed by atoms with E-state index in [1.54, 1.807) is 17.8 Å². The largest absolute Gasteiger partial charge is 0.480 e. The highest BCUT2D eigenvalue weighted by atomic mass is 16.4. The lowest BCUT2D eigenvalue weighted by Crippen LogP contribution is -2.53. The first kappa shape index (κ1) is 11.1. The molecule has 5 heteroatoms. The minimum Gasteiger partial charge on any atom is -0.480 e. The van der Waals surface area contributed by atoms with Gasteiger partial charge in [-0.05, 0) is 32.3 Å². The van der Waals surface area contributed by atoms with Crippen LogP contribution in [-0.4, -0.2) is 32.4 Å². The number of nitrogens with one attached hydrogen (secondary N) is 1. The molecule has 0 aromatic carbocycles. The fourth-order valence-corrected chi connectivity index (χ4v) is 1.73. The van der Waals surface area contributed by atoms with Crippen LogP contribution in [0.25, 0.3) is 0 Å². The van der Waals surface area contributed by atoms with Crippen LogP contribution in [0, 0.1) is 6.92 Å². The van der Waals surface area contributed by atoms with E-state index in [0.717, 1.165) is 18.4 Å². The van der Waals surface area contributed by atoms with Crippen molar-refractivity contribution >= 4 is 5.97 Å². The zero-order chi connectivity index (χ0) is 11.8. The number of carboxylic acids is 1. The van der Waals surface area contributed by atoms with E-state index in [4.69, 9.17) is 0 Å². The van der Waals surface area contributed by atoms with Gasteiger partial charge in [-0.25, -0.2) is 0 Å². The maximum absolute atomic E-state index is 11.3. The van der Waals surface area contributed by atoms with Crippen LogP contribution in [0.3, 0.4) is 0 Å². The molecule has 0 amide bonds. The molecule has 16 heavy (non-hydrogen) atoms. The third kappa shape index (κ3) is 2.41. The first-order valence-electron chi connectivity index (χ1n) is 5.50. The van der Waals surface area contributed by atoms with Gasteiger partial charge in [0.25, 0.3) is 0 Å². The van der Waals surface area contributed by atoms with Gasteiger partial charge >= 0.3 is 5.97 Å². The van der Waals surface area contributed by atoms with Gasteiger partial charge in [0.2, 0.25) is 0 Å². The molecule has 1 aliphatic carbocycles. The summed E-state index contributed by atoms with van der Waals surface area (Å²) in [6.45, 7) is 4.01. The van der Waals surface area contributed by atoms with E-state index in [9.17, 15) is 9.90 Å². The van der Waals surface area contributed by atoms with Crippen molar-refractivity contribution in [1.29, 1.82) is 0 Å². The van der Waals surface area contributed by atoms with Crippen molar-refractivity contribution in [1.82, 2.24) is 15.1 Å². The zero-order valence-electron chi connectivity index (χ0n) is 9.60. The number of nitrogens with zero attached hydrogens (tertiary/aromatic N) is 2. The number of hydrogen-bond donors (Lipinski definition) is 2. The molecule has 0 bridgehead atoms. The molecule has 1 atom stereocenters. The molecule has 1 fully saturated rings. The number of carbonyl (C=O) groups is 1. The van der Waals surface area contributed by atoms with Crippen molar-refractivity contribution in [3.8, 4) is 0 Å². The van der Waals surface area contributed by atoms with Gasteiger partial charge in [-0.2, -0.15) is 5.10 Å². The van der Waals surface area contributed by atoms with Crippen LogP contribution in [0.5, 0.6) is 0 Å². The lowest BCUT2D eigenvalue weighted by Gasteiger charge is -2.26. The first-order chi connectivity index (χ1) is 7.49. The summed E-state index contributed by atoms with van der Waals surface area (Å²) in [7, 11) is 0. The summed E-state index contributed by atoms with van der Waals surface area (Å²) in [6, 6.07) is 0.359. The van der Waals surface area contributed by atoms with Crippen LogP contribution in [0.2, 0.25) is 0 Å². The summed E-state index contributed by atoms with van der Waals surface area (Å²) in [5, 5.41) is 16.6. The van der Waals surface area contributed by atoms with Crippen LogP contribution < -0.4 is 5.32 Å². The van der Waals surface area contributed by atoms with Gasteiger partial charge in [-0.15, -0.1) is 0 Å². The van der Waals surface area contributed by atoms with E-state index in [1.807, 2.05) is 13.1 Å². The second-order valence-electron chi connectivity index (χ2n) is 4.77. The number of aromatic nitrogens is 2. The summed E-state index contributed by atoms with van der Waals surface area (Å²) in [4.78, 5) is 11.3. The summed E-state index contributed by atoms with van der Waals surface area (Å²) >= 11 is 0. The Morgan fingerprint density at radius 3 is 2.88 bits per heavy atom. The highest BCUT2D eigenvalue weighted by Gasteiger charge is 2.39. The third-order valence-corrected chi connectivity index (χ3v) is 2.81. The Bertz CT molecular complexity index is 398. The maximum atomic E-state index is 11.3. The van der Waals surface area contributed by atoms with Crippen molar-refractivity contribution in [2.24, 2.45) is 0 Å². The second-order valence-corrected chi connectivity index (χ2v) is 4.77. The number of aliphatic carboxylic acids is 1. The predicted molar refractivity (Wildman–Crippen MR) is 59.2 cm³/mol. The zero-order valence-corrected chi connectivity index (χ0v) is 9.60. The molecule has 1 aromatic heterocycles. The maximum Gasteiger partial charge on any atom is 0.325 e. The number of hydrogen-bond acceptors (Lipinski definition) is 3. The van der Waals surface area contributed by atoms with Gasteiger partial charge in [-0.3, -0.25) is 14.8 Å². The molecule has 88 valence electrons. The van der Waals surface area contributed by atoms with Gasteiger partial charge in [-0.1, -0.05) is 0 Å². The average Bonchev–Trinajstić information content (AvgIpc) is 2.89. The second kappa shape index (κ2) is 3.90. The molecule has 2 N–H and O–H groups in total. The van der Waals surface area contributed by atoms with E-state index < -0.39 is 11.5 Å². The Labute approximate surface area is 94.5 Å². The highest BCUT2D eigenvalue weighted by Crippen LogP contribution is 2.23. The molecule has 0 saturated heterocycles. The van der Waals surface area contributed by atoms with E-state index in [2.05, 4.69) is 10.4 Å². The van der Waals surface area contributed by atoms with Crippen LogP contribution >= 0.6 is 0 Å². The van der Waals surface area contributed by atoms with Crippen molar-refractivity contribution in [2.75, 3.05) is 0 Å². The molecule has 0 radical (unpaired) electrons. The molecule has 2 rings (SSSR count). The summed E-state index contributed by atoms with van der Waals surface area (Å²) < 4.78 is 1.68. The van der Waals surface area contributed by atoms with Crippen LogP contribution in [0.15, 0.2) is 12.4 Å². The lowest BCUT2D eigenvalue weighted by molar-refractivity contribution is -0.145. The van der Waals surface area contributed by atoms with E-state index in [1.165, 1.54) is 0 Å². The highest BCUT2D eigenvalue weighted by molar-refractivity contribution is 5.78. The molecule has 1 aromatic rings. The van der Waals surface area contributed by atoms with Crippen molar-refractivity contribution in [3.05, 3.63) is 18.0 Å². The van der Waals surface area contributed by atoms with Gasteiger partial charge < -0.3 is 5.11 Å². The molecule has 1 saturated carbocycles. The van der Waals surface area contributed by atoms with E-state index in [0.29, 0.717) is 12.6 Å². The fraction of sp³-hybridized carbons (Fsp3) is 0.636. The Morgan fingerprint density at radius 1 is 1.75 bits per heavy atom. The van der Waals surface area contributed by atoms with Gasteiger partial charge in [0, 0.05) is 12.2 Å². The predicted octanol–water partition coefficient (Wildman–Crippen LogP) is 0.787. The smallest absolute Gasteiger partial charge is 0.325 e. The van der Waals surface area contributed by atoms with E-state index >= 15 is 0 Å².